The molecule has 1 nitrogen and oxygen atoms in total. The molecule has 0 aliphatic rings. The van der Waals surface area contributed by atoms with Gasteiger partial charge in [-0.15, -0.1) is 0 Å². The highest BCUT2D eigenvalue weighted by molar-refractivity contribution is 6.64. The van der Waals surface area contributed by atoms with E-state index in [4.69, 9.17) is 23.2 Å². The van der Waals surface area contributed by atoms with Gasteiger partial charge in [-0.05, 0) is 23.9 Å². The van der Waals surface area contributed by atoms with Crippen LogP contribution in [0.4, 0.5) is 0 Å². The minimum Gasteiger partial charge on any atom is -0.281 e. The van der Waals surface area contributed by atoms with E-state index in [0.717, 1.165) is 0 Å². The SMILES string of the molecule is CC(C)[C@H](CC=CCl)C(=O)Cl. The average Bonchev–Trinajstić information content (AvgIpc) is 1.87. The van der Waals surface area contributed by atoms with Gasteiger partial charge in [-0.25, -0.2) is 0 Å². The van der Waals surface area contributed by atoms with Crippen molar-refractivity contribution in [3.63, 3.8) is 0 Å². The highest BCUT2D eigenvalue weighted by Crippen LogP contribution is 2.18. The first-order valence-corrected chi connectivity index (χ1v) is 4.35. The second-order valence-corrected chi connectivity index (χ2v) is 3.38. The summed E-state index contributed by atoms with van der Waals surface area (Å²) in [6.07, 6.45) is 2.37. The molecule has 0 fully saturated rings. The molecule has 0 aromatic heterocycles. The lowest BCUT2D eigenvalue weighted by molar-refractivity contribution is -0.116. The molecule has 11 heavy (non-hydrogen) atoms. The van der Waals surface area contributed by atoms with Crippen molar-refractivity contribution in [1.82, 2.24) is 0 Å². The molecule has 0 saturated carbocycles. The van der Waals surface area contributed by atoms with Crippen LogP contribution in [-0.2, 0) is 4.79 Å². The van der Waals surface area contributed by atoms with Gasteiger partial charge in [-0.2, -0.15) is 0 Å². The summed E-state index contributed by atoms with van der Waals surface area (Å²) in [4.78, 5) is 10.8. The fourth-order valence-electron chi connectivity index (χ4n) is 0.825. The number of hydrogen-bond donors (Lipinski definition) is 0. The average molecular weight is 195 g/mol. The fraction of sp³-hybridized carbons (Fsp3) is 0.625. The van der Waals surface area contributed by atoms with Crippen molar-refractivity contribution < 1.29 is 4.79 Å². The van der Waals surface area contributed by atoms with Gasteiger partial charge in [0.2, 0.25) is 5.24 Å². The molecular weight excluding hydrogens is 183 g/mol. The van der Waals surface area contributed by atoms with Gasteiger partial charge in [0.05, 0.1) is 0 Å². The first kappa shape index (κ1) is 11.0. The van der Waals surface area contributed by atoms with Crippen LogP contribution in [-0.4, -0.2) is 5.24 Å². The van der Waals surface area contributed by atoms with Crippen LogP contribution in [0.25, 0.3) is 0 Å². The van der Waals surface area contributed by atoms with E-state index >= 15 is 0 Å². The highest BCUT2D eigenvalue weighted by Gasteiger charge is 2.18. The minimum absolute atomic E-state index is 0.105. The molecule has 1 atom stereocenters. The minimum atomic E-state index is -0.283. The number of rotatable bonds is 4. The summed E-state index contributed by atoms with van der Waals surface area (Å²) < 4.78 is 0. The van der Waals surface area contributed by atoms with E-state index in [9.17, 15) is 4.79 Å². The van der Waals surface area contributed by atoms with Gasteiger partial charge in [-0.3, -0.25) is 4.79 Å². The Bertz CT molecular complexity index is 152. The molecule has 0 unspecified atom stereocenters. The van der Waals surface area contributed by atoms with Crippen LogP contribution in [0.3, 0.4) is 0 Å². The Morgan fingerprint density at radius 3 is 2.36 bits per heavy atom. The number of halogens is 2. The van der Waals surface area contributed by atoms with E-state index in [1.54, 1.807) is 6.08 Å². The summed E-state index contributed by atoms with van der Waals surface area (Å²) in [6, 6.07) is 0. The van der Waals surface area contributed by atoms with Crippen LogP contribution in [0.5, 0.6) is 0 Å². The largest absolute Gasteiger partial charge is 0.281 e. The van der Waals surface area contributed by atoms with Gasteiger partial charge in [0, 0.05) is 11.5 Å². The van der Waals surface area contributed by atoms with Gasteiger partial charge >= 0.3 is 0 Å². The van der Waals surface area contributed by atoms with Crippen molar-refractivity contribution in [3.8, 4) is 0 Å². The van der Waals surface area contributed by atoms with E-state index in [0.29, 0.717) is 6.42 Å². The Labute approximate surface area is 77.4 Å². The molecule has 0 spiro atoms. The summed E-state index contributed by atoms with van der Waals surface area (Å²) >= 11 is 10.7. The number of hydrogen-bond acceptors (Lipinski definition) is 1. The van der Waals surface area contributed by atoms with E-state index in [2.05, 4.69) is 0 Å². The van der Waals surface area contributed by atoms with Crippen molar-refractivity contribution in [2.24, 2.45) is 11.8 Å². The summed E-state index contributed by atoms with van der Waals surface area (Å²) in [5.41, 5.74) is 1.41. The van der Waals surface area contributed by atoms with Crippen LogP contribution in [0.15, 0.2) is 11.6 Å². The summed E-state index contributed by atoms with van der Waals surface area (Å²) in [6.45, 7) is 3.93. The normalized spacial score (nSPS) is 14.3. The summed E-state index contributed by atoms with van der Waals surface area (Å²) in [5.74, 6) is 0.166. The van der Waals surface area contributed by atoms with Gasteiger partial charge < -0.3 is 0 Å². The maximum absolute atomic E-state index is 10.8. The van der Waals surface area contributed by atoms with Crippen LogP contribution in [0, 0.1) is 11.8 Å². The third-order valence-electron chi connectivity index (χ3n) is 1.58. The first-order valence-electron chi connectivity index (χ1n) is 3.54. The van der Waals surface area contributed by atoms with Crippen molar-refractivity contribution in [3.05, 3.63) is 11.6 Å². The second-order valence-electron chi connectivity index (χ2n) is 2.75. The van der Waals surface area contributed by atoms with Gasteiger partial charge in [0.1, 0.15) is 0 Å². The lowest BCUT2D eigenvalue weighted by Crippen LogP contribution is -2.14. The monoisotopic (exact) mass is 194 g/mol. The number of allylic oxidation sites excluding steroid dienone is 1. The van der Waals surface area contributed by atoms with Gasteiger partial charge in [0.25, 0.3) is 0 Å². The van der Waals surface area contributed by atoms with E-state index in [1.807, 2.05) is 13.8 Å². The Morgan fingerprint density at radius 1 is 1.55 bits per heavy atom. The molecule has 0 aromatic rings. The van der Waals surface area contributed by atoms with Crippen LogP contribution in [0.1, 0.15) is 20.3 Å². The lowest BCUT2D eigenvalue weighted by atomic mass is 9.94. The molecule has 0 N–H and O–H groups in total. The predicted molar refractivity (Wildman–Crippen MR) is 48.8 cm³/mol. The third-order valence-corrected chi connectivity index (χ3v) is 2.03. The van der Waals surface area contributed by atoms with E-state index in [-0.39, 0.29) is 17.1 Å². The standard InChI is InChI=1S/C8H12Cl2O/c1-6(2)7(8(10)11)4-3-5-9/h3,5-7H,4H2,1-2H3/t7-/m0/s1. The smallest absolute Gasteiger partial charge is 0.225 e. The fourth-order valence-corrected chi connectivity index (χ4v) is 1.27. The third kappa shape index (κ3) is 4.44. The number of carbonyl (C=O) groups is 1. The van der Waals surface area contributed by atoms with Crippen LogP contribution >= 0.6 is 23.2 Å². The topological polar surface area (TPSA) is 17.1 Å². The molecule has 0 aliphatic carbocycles. The Morgan fingerprint density at radius 2 is 2.09 bits per heavy atom. The molecule has 0 bridgehead atoms. The molecule has 0 aliphatic heterocycles. The molecule has 0 rings (SSSR count). The molecule has 0 aromatic carbocycles. The molecule has 64 valence electrons. The quantitative estimate of drug-likeness (QED) is 0.629. The highest BCUT2D eigenvalue weighted by atomic mass is 35.5. The number of carbonyl (C=O) groups excluding carboxylic acids is 1. The van der Waals surface area contributed by atoms with Crippen molar-refractivity contribution in [2.45, 2.75) is 20.3 Å². The van der Waals surface area contributed by atoms with Gasteiger partial charge in [-0.1, -0.05) is 31.5 Å². The Balaban J connectivity index is 4.00. The molecule has 3 heteroatoms. The Kier molecular flexibility index (Phi) is 5.61. The van der Waals surface area contributed by atoms with Gasteiger partial charge in [0.15, 0.2) is 0 Å². The summed E-state index contributed by atoms with van der Waals surface area (Å²) in [5, 5.41) is -0.283. The zero-order chi connectivity index (χ0) is 8.85. The molecule has 0 heterocycles. The zero-order valence-corrected chi connectivity index (χ0v) is 8.19. The second kappa shape index (κ2) is 5.62. The van der Waals surface area contributed by atoms with Crippen molar-refractivity contribution >= 4 is 28.4 Å². The van der Waals surface area contributed by atoms with Crippen LogP contribution < -0.4 is 0 Å². The first-order chi connectivity index (χ1) is 5.09. The maximum atomic E-state index is 10.8. The maximum Gasteiger partial charge on any atom is 0.225 e. The van der Waals surface area contributed by atoms with Crippen molar-refractivity contribution in [1.29, 1.82) is 0 Å². The van der Waals surface area contributed by atoms with Crippen molar-refractivity contribution in [2.75, 3.05) is 0 Å². The molecule has 0 radical (unpaired) electrons. The Hall–Kier alpha value is -0.0100. The molecular formula is C8H12Cl2O. The van der Waals surface area contributed by atoms with Crippen LogP contribution in [0.2, 0.25) is 0 Å². The lowest BCUT2D eigenvalue weighted by Gasteiger charge is -2.13. The predicted octanol–water partition coefficient (Wildman–Crippen LogP) is 3.17. The molecule has 0 saturated heterocycles. The summed E-state index contributed by atoms with van der Waals surface area (Å²) in [7, 11) is 0. The van der Waals surface area contributed by atoms with E-state index < -0.39 is 0 Å². The molecule has 0 amide bonds. The van der Waals surface area contributed by atoms with E-state index in [1.165, 1.54) is 5.54 Å². The zero-order valence-electron chi connectivity index (χ0n) is 6.68.